The molecule has 0 aliphatic carbocycles. The van der Waals surface area contributed by atoms with E-state index in [0.29, 0.717) is 6.61 Å². The standard InChI is InChI=1S/C8H16N2O2/c1-6(2)10-7(4-9-3)5-12-8(10)11/h6-7,9H,4-5H2,1-3H3. The van der Waals surface area contributed by atoms with Crippen molar-refractivity contribution < 1.29 is 9.53 Å². The van der Waals surface area contributed by atoms with E-state index in [4.69, 9.17) is 4.74 Å². The van der Waals surface area contributed by atoms with Crippen LogP contribution in [0.15, 0.2) is 0 Å². The fraction of sp³-hybridized carbons (Fsp3) is 0.875. The van der Waals surface area contributed by atoms with Crippen LogP contribution in [0.4, 0.5) is 4.79 Å². The van der Waals surface area contributed by atoms with Crippen molar-refractivity contribution in [2.75, 3.05) is 20.2 Å². The summed E-state index contributed by atoms with van der Waals surface area (Å²) in [6.45, 7) is 5.30. The molecule has 1 aliphatic heterocycles. The number of hydrogen-bond donors (Lipinski definition) is 1. The van der Waals surface area contributed by atoms with Gasteiger partial charge in [-0.3, -0.25) is 4.90 Å². The first-order chi connectivity index (χ1) is 5.66. The Kier molecular flexibility index (Phi) is 2.92. The maximum Gasteiger partial charge on any atom is 0.410 e. The van der Waals surface area contributed by atoms with Gasteiger partial charge in [-0.15, -0.1) is 0 Å². The quantitative estimate of drug-likeness (QED) is 0.671. The van der Waals surface area contributed by atoms with Gasteiger partial charge in [-0.1, -0.05) is 0 Å². The van der Waals surface area contributed by atoms with Crippen LogP contribution in [0.3, 0.4) is 0 Å². The fourth-order valence-corrected chi connectivity index (χ4v) is 1.50. The van der Waals surface area contributed by atoms with Crippen LogP contribution in [-0.4, -0.2) is 43.3 Å². The average Bonchev–Trinajstić information content (AvgIpc) is 2.32. The zero-order valence-electron chi connectivity index (χ0n) is 7.83. The first kappa shape index (κ1) is 9.32. The van der Waals surface area contributed by atoms with E-state index in [9.17, 15) is 4.79 Å². The van der Waals surface area contributed by atoms with Crippen molar-refractivity contribution in [1.29, 1.82) is 0 Å². The second-order valence-electron chi connectivity index (χ2n) is 3.29. The van der Waals surface area contributed by atoms with E-state index in [0.717, 1.165) is 6.54 Å². The molecule has 70 valence electrons. The smallest absolute Gasteiger partial charge is 0.410 e. The summed E-state index contributed by atoms with van der Waals surface area (Å²) in [6.07, 6.45) is -0.190. The van der Waals surface area contributed by atoms with Gasteiger partial charge in [0.15, 0.2) is 0 Å². The van der Waals surface area contributed by atoms with Crippen LogP contribution >= 0.6 is 0 Å². The van der Waals surface area contributed by atoms with Gasteiger partial charge in [-0.05, 0) is 20.9 Å². The van der Waals surface area contributed by atoms with E-state index in [-0.39, 0.29) is 18.2 Å². The Bertz CT molecular complexity index is 170. The third-order valence-electron chi connectivity index (χ3n) is 2.00. The average molecular weight is 172 g/mol. The zero-order valence-corrected chi connectivity index (χ0v) is 7.83. The van der Waals surface area contributed by atoms with Crippen LogP contribution in [0.25, 0.3) is 0 Å². The number of cyclic esters (lactones) is 1. The number of hydrogen-bond acceptors (Lipinski definition) is 3. The van der Waals surface area contributed by atoms with E-state index in [2.05, 4.69) is 5.32 Å². The number of nitrogens with one attached hydrogen (secondary N) is 1. The number of rotatable bonds is 3. The summed E-state index contributed by atoms with van der Waals surface area (Å²) in [7, 11) is 1.88. The van der Waals surface area contributed by atoms with Crippen LogP contribution in [0, 0.1) is 0 Å². The highest BCUT2D eigenvalue weighted by atomic mass is 16.6. The van der Waals surface area contributed by atoms with Crippen molar-refractivity contribution >= 4 is 6.09 Å². The van der Waals surface area contributed by atoms with Crippen molar-refractivity contribution in [3.63, 3.8) is 0 Å². The summed E-state index contributed by atoms with van der Waals surface area (Å²) < 4.78 is 4.94. The summed E-state index contributed by atoms with van der Waals surface area (Å²) in [6, 6.07) is 0.417. The third kappa shape index (κ3) is 1.69. The van der Waals surface area contributed by atoms with E-state index in [1.54, 1.807) is 4.90 Å². The van der Waals surface area contributed by atoms with Gasteiger partial charge in [0.1, 0.15) is 6.61 Å². The minimum absolute atomic E-state index is 0.190. The molecule has 0 bridgehead atoms. The summed E-state index contributed by atoms with van der Waals surface area (Å²) in [5, 5.41) is 3.04. The van der Waals surface area contributed by atoms with E-state index < -0.39 is 0 Å². The van der Waals surface area contributed by atoms with Crippen LogP contribution in [0.5, 0.6) is 0 Å². The molecule has 1 aliphatic rings. The van der Waals surface area contributed by atoms with Gasteiger partial charge in [0.2, 0.25) is 0 Å². The predicted octanol–water partition coefficient (Wildman–Crippen LogP) is 0.435. The van der Waals surface area contributed by atoms with Gasteiger partial charge in [0, 0.05) is 12.6 Å². The van der Waals surface area contributed by atoms with Gasteiger partial charge in [-0.25, -0.2) is 4.79 Å². The highest BCUT2D eigenvalue weighted by molar-refractivity contribution is 5.70. The Balaban J connectivity index is 2.57. The van der Waals surface area contributed by atoms with Gasteiger partial charge in [-0.2, -0.15) is 0 Å². The Morgan fingerprint density at radius 1 is 1.75 bits per heavy atom. The fourth-order valence-electron chi connectivity index (χ4n) is 1.50. The Morgan fingerprint density at radius 2 is 2.42 bits per heavy atom. The topological polar surface area (TPSA) is 41.6 Å². The number of amides is 1. The third-order valence-corrected chi connectivity index (χ3v) is 2.00. The molecule has 0 radical (unpaired) electrons. The van der Waals surface area contributed by atoms with E-state index in [1.165, 1.54) is 0 Å². The second-order valence-corrected chi connectivity index (χ2v) is 3.29. The van der Waals surface area contributed by atoms with Gasteiger partial charge < -0.3 is 10.1 Å². The minimum Gasteiger partial charge on any atom is -0.447 e. The summed E-state index contributed by atoms with van der Waals surface area (Å²) in [5.74, 6) is 0. The molecule has 4 nitrogen and oxygen atoms in total. The number of carbonyl (C=O) groups is 1. The Labute approximate surface area is 72.9 Å². The number of carbonyl (C=O) groups excluding carboxylic acids is 1. The lowest BCUT2D eigenvalue weighted by atomic mass is 10.2. The molecule has 1 N–H and O–H groups in total. The molecule has 1 atom stereocenters. The molecule has 0 spiro atoms. The van der Waals surface area contributed by atoms with Crippen LogP contribution < -0.4 is 5.32 Å². The van der Waals surface area contributed by atoms with Crippen molar-refractivity contribution in [3.8, 4) is 0 Å². The van der Waals surface area contributed by atoms with Gasteiger partial charge in [0.25, 0.3) is 0 Å². The SMILES string of the molecule is CNCC1COC(=O)N1C(C)C. The molecule has 12 heavy (non-hydrogen) atoms. The first-order valence-electron chi connectivity index (χ1n) is 4.26. The molecule has 0 saturated carbocycles. The largest absolute Gasteiger partial charge is 0.447 e. The number of nitrogens with zero attached hydrogens (tertiary/aromatic N) is 1. The maximum atomic E-state index is 11.2. The summed E-state index contributed by atoms with van der Waals surface area (Å²) >= 11 is 0. The molecule has 1 heterocycles. The lowest BCUT2D eigenvalue weighted by molar-refractivity contribution is 0.149. The Hall–Kier alpha value is -0.770. The van der Waals surface area contributed by atoms with E-state index >= 15 is 0 Å². The molecule has 0 aromatic rings. The summed E-state index contributed by atoms with van der Waals surface area (Å²) in [4.78, 5) is 13.0. The van der Waals surface area contributed by atoms with Crippen LogP contribution in [-0.2, 0) is 4.74 Å². The monoisotopic (exact) mass is 172 g/mol. The highest BCUT2D eigenvalue weighted by Crippen LogP contribution is 2.14. The molecule has 4 heteroatoms. The molecule has 0 aromatic heterocycles. The van der Waals surface area contributed by atoms with Gasteiger partial charge in [0.05, 0.1) is 6.04 Å². The minimum atomic E-state index is -0.190. The zero-order chi connectivity index (χ0) is 9.14. The molecule has 1 rings (SSSR count). The highest BCUT2D eigenvalue weighted by Gasteiger charge is 2.33. The molecular formula is C8H16N2O2. The molecule has 0 aromatic carbocycles. The molecule has 1 unspecified atom stereocenters. The second kappa shape index (κ2) is 3.76. The van der Waals surface area contributed by atoms with Crippen LogP contribution in [0.2, 0.25) is 0 Å². The number of likely N-dealkylation sites (N-methyl/N-ethyl adjacent to an activating group) is 1. The molecule has 1 saturated heterocycles. The first-order valence-corrected chi connectivity index (χ1v) is 4.26. The van der Waals surface area contributed by atoms with Crippen molar-refractivity contribution in [2.45, 2.75) is 25.9 Å². The van der Waals surface area contributed by atoms with Crippen LogP contribution in [0.1, 0.15) is 13.8 Å². The molecule has 1 fully saturated rings. The normalized spacial score (nSPS) is 23.5. The predicted molar refractivity (Wildman–Crippen MR) is 46.0 cm³/mol. The maximum absolute atomic E-state index is 11.2. The number of ether oxygens (including phenoxy) is 1. The molecule has 1 amide bonds. The van der Waals surface area contributed by atoms with Crippen molar-refractivity contribution in [1.82, 2.24) is 10.2 Å². The van der Waals surface area contributed by atoms with E-state index in [1.807, 2.05) is 20.9 Å². The Morgan fingerprint density at radius 3 is 2.92 bits per heavy atom. The lowest BCUT2D eigenvalue weighted by Gasteiger charge is -2.24. The van der Waals surface area contributed by atoms with Gasteiger partial charge >= 0.3 is 6.09 Å². The van der Waals surface area contributed by atoms with Crippen molar-refractivity contribution in [3.05, 3.63) is 0 Å². The lowest BCUT2D eigenvalue weighted by Crippen LogP contribution is -2.43. The van der Waals surface area contributed by atoms with Crippen molar-refractivity contribution in [2.24, 2.45) is 0 Å². The molecular weight excluding hydrogens is 156 g/mol. The summed E-state index contributed by atoms with van der Waals surface area (Å²) in [5.41, 5.74) is 0.